The van der Waals surface area contributed by atoms with E-state index in [9.17, 15) is 0 Å². The van der Waals surface area contributed by atoms with Crippen LogP contribution in [0.3, 0.4) is 0 Å². The number of thioether (sulfide) groups is 1. The number of hydrogen-bond acceptors (Lipinski definition) is 5. The van der Waals surface area contributed by atoms with Crippen molar-refractivity contribution in [3.05, 3.63) is 35.9 Å². The first-order valence-electron chi connectivity index (χ1n) is 6.37. The summed E-state index contributed by atoms with van der Waals surface area (Å²) in [5.41, 5.74) is 1.29. The highest BCUT2D eigenvalue weighted by molar-refractivity contribution is 7.99. The first kappa shape index (κ1) is 14.0. The molecule has 0 aliphatic carbocycles. The summed E-state index contributed by atoms with van der Waals surface area (Å²) < 4.78 is 1.71. The summed E-state index contributed by atoms with van der Waals surface area (Å²) in [6.45, 7) is 2.19. The minimum absolute atomic E-state index is 0.285. The van der Waals surface area contributed by atoms with E-state index in [1.807, 2.05) is 20.2 Å². The molecule has 1 aromatic carbocycles. The van der Waals surface area contributed by atoms with Crippen LogP contribution in [0.1, 0.15) is 24.9 Å². The number of rotatable bonds is 6. The molecule has 0 aliphatic rings. The Balaban J connectivity index is 2.17. The number of nitrogens with one attached hydrogen (secondary N) is 1. The highest BCUT2D eigenvalue weighted by Gasteiger charge is 2.23. The van der Waals surface area contributed by atoms with Gasteiger partial charge in [-0.05, 0) is 29.5 Å². The van der Waals surface area contributed by atoms with Gasteiger partial charge in [0.1, 0.15) is 0 Å². The summed E-state index contributed by atoms with van der Waals surface area (Å²) in [5.74, 6) is 0. The average molecular weight is 277 g/mol. The van der Waals surface area contributed by atoms with Crippen molar-refractivity contribution in [1.82, 2.24) is 25.5 Å². The zero-order chi connectivity index (χ0) is 13.7. The topological polar surface area (TPSA) is 55.6 Å². The van der Waals surface area contributed by atoms with Crippen molar-refractivity contribution in [2.24, 2.45) is 7.05 Å². The quantitative estimate of drug-likeness (QED) is 0.819. The largest absolute Gasteiger partial charge is 0.312 e. The van der Waals surface area contributed by atoms with E-state index in [-0.39, 0.29) is 6.04 Å². The molecule has 0 bridgehead atoms. The first-order valence-corrected chi connectivity index (χ1v) is 7.25. The minimum Gasteiger partial charge on any atom is -0.312 e. The fourth-order valence-corrected chi connectivity index (χ4v) is 3.21. The van der Waals surface area contributed by atoms with E-state index in [2.05, 4.69) is 52.0 Å². The molecule has 0 saturated heterocycles. The van der Waals surface area contributed by atoms with E-state index < -0.39 is 0 Å². The molecule has 1 aromatic heterocycles. The molecule has 0 saturated carbocycles. The predicted octanol–water partition coefficient (Wildman–Crippen LogP) is 2.04. The number of aryl methyl sites for hydroxylation is 1. The van der Waals surface area contributed by atoms with E-state index in [0.29, 0.717) is 5.25 Å². The fourth-order valence-electron chi connectivity index (χ4n) is 2.07. The molecular weight excluding hydrogens is 258 g/mol. The van der Waals surface area contributed by atoms with Gasteiger partial charge < -0.3 is 5.32 Å². The maximum absolute atomic E-state index is 4.05. The highest BCUT2D eigenvalue weighted by atomic mass is 32.2. The molecular formula is C13H19N5S. The summed E-state index contributed by atoms with van der Waals surface area (Å²) in [6, 6.07) is 10.8. The monoisotopic (exact) mass is 277 g/mol. The lowest BCUT2D eigenvalue weighted by molar-refractivity contribution is 0.552. The molecule has 1 heterocycles. The Labute approximate surface area is 117 Å². The third kappa shape index (κ3) is 3.33. The molecule has 0 aliphatic heterocycles. The van der Waals surface area contributed by atoms with Gasteiger partial charge in [0.05, 0.1) is 0 Å². The van der Waals surface area contributed by atoms with Gasteiger partial charge >= 0.3 is 0 Å². The van der Waals surface area contributed by atoms with E-state index >= 15 is 0 Å². The van der Waals surface area contributed by atoms with E-state index in [0.717, 1.165) is 11.6 Å². The van der Waals surface area contributed by atoms with Crippen LogP contribution in [0.5, 0.6) is 0 Å². The summed E-state index contributed by atoms with van der Waals surface area (Å²) >= 11 is 1.71. The molecule has 0 radical (unpaired) electrons. The molecule has 2 atom stereocenters. The number of hydrogen-bond donors (Lipinski definition) is 1. The first-order chi connectivity index (χ1) is 9.26. The summed E-state index contributed by atoms with van der Waals surface area (Å²) in [6.07, 6.45) is 1.04. The van der Waals surface area contributed by atoms with Crippen molar-refractivity contribution in [3.63, 3.8) is 0 Å². The van der Waals surface area contributed by atoms with Gasteiger partial charge in [0.15, 0.2) is 0 Å². The minimum atomic E-state index is 0.285. The van der Waals surface area contributed by atoms with Crippen molar-refractivity contribution in [3.8, 4) is 0 Å². The molecule has 0 fully saturated rings. The van der Waals surface area contributed by atoms with E-state index in [1.165, 1.54) is 5.56 Å². The summed E-state index contributed by atoms with van der Waals surface area (Å²) in [5, 5.41) is 16.3. The molecule has 0 amide bonds. The van der Waals surface area contributed by atoms with Crippen molar-refractivity contribution in [2.45, 2.75) is 29.8 Å². The average Bonchev–Trinajstić information content (AvgIpc) is 2.85. The van der Waals surface area contributed by atoms with Crippen LogP contribution in [0.2, 0.25) is 0 Å². The Morgan fingerprint density at radius 1 is 1.32 bits per heavy atom. The molecule has 2 aromatic rings. The standard InChI is InChI=1S/C13H19N5S/c1-4-11(19-13-15-16-17-18(13)3)12(14-2)10-8-6-5-7-9-10/h5-9,11-12,14H,4H2,1-3H3. The molecule has 2 rings (SSSR count). The fraction of sp³-hybridized carbons (Fsp3) is 0.462. The van der Waals surface area contributed by atoms with Crippen LogP contribution < -0.4 is 5.32 Å². The van der Waals surface area contributed by atoms with Crippen molar-refractivity contribution >= 4 is 11.8 Å². The van der Waals surface area contributed by atoms with Gasteiger partial charge in [-0.15, -0.1) is 5.10 Å². The summed E-state index contributed by atoms with van der Waals surface area (Å²) in [4.78, 5) is 0. The summed E-state index contributed by atoms with van der Waals surface area (Å²) in [7, 11) is 3.86. The molecule has 6 heteroatoms. The second kappa shape index (κ2) is 6.68. The Morgan fingerprint density at radius 2 is 2.05 bits per heavy atom. The van der Waals surface area contributed by atoms with E-state index in [1.54, 1.807) is 16.4 Å². The third-order valence-corrected chi connectivity index (χ3v) is 4.55. The van der Waals surface area contributed by atoms with Crippen molar-refractivity contribution in [2.75, 3.05) is 7.05 Å². The molecule has 0 spiro atoms. The van der Waals surface area contributed by atoms with Gasteiger partial charge in [-0.25, -0.2) is 4.68 Å². The van der Waals surface area contributed by atoms with Crippen LogP contribution in [-0.2, 0) is 7.05 Å². The van der Waals surface area contributed by atoms with Gasteiger partial charge in [-0.2, -0.15) is 0 Å². The lowest BCUT2D eigenvalue weighted by Crippen LogP contribution is -2.27. The number of nitrogens with zero attached hydrogens (tertiary/aromatic N) is 4. The second-order valence-electron chi connectivity index (χ2n) is 4.33. The molecule has 2 unspecified atom stereocenters. The van der Waals surface area contributed by atoms with Gasteiger partial charge in [-0.1, -0.05) is 49.0 Å². The zero-order valence-corrected chi connectivity index (χ0v) is 12.3. The molecule has 19 heavy (non-hydrogen) atoms. The Morgan fingerprint density at radius 3 is 2.58 bits per heavy atom. The van der Waals surface area contributed by atoms with Gasteiger partial charge in [0.2, 0.25) is 5.16 Å². The van der Waals surface area contributed by atoms with Gasteiger partial charge in [0.25, 0.3) is 0 Å². The maximum atomic E-state index is 4.05. The Kier molecular flexibility index (Phi) is 4.93. The second-order valence-corrected chi connectivity index (χ2v) is 5.53. The normalized spacial score (nSPS) is 14.3. The van der Waals surface area contributed by atoms with Crippen molar-refractivity contribution < 1.29 is 0 Å². The van der Waals surface area contributed by atoms with Crippen molar-refractivity contribution in [1.29, 1.82) is 0 Å². The van der Waals surface area contributed by atoms with Crippen LogP contribution >= 0.6 is 11.8 Å². The van der Waals surface area contributed by atoms with Gasteiger partial charge in [-0.3, -0.25) is 0 Å². The SMILES string of the molecule is CCC(Sc1nnnn1C)C(NC)c1ccccc1. The molecule has 102 valence electrons. The third-order valence-electron chi connectivity index (χ3n) is 3.08. The smallest absolute Gasteiger partial charge is 0.209 e. The van der Waals surface area contributed by atoms with Crippen LogP contribution in [0.25, 0.3) is 0 Å². The molecule has 5 nitrogen and oxygen atoms in total. The number of benzene rings is 1. The number of aromatic nitrogens is 4. The predicted molar refractivity (Wildman–Crippen MR) is 77.0 cm³/mol. The molecule has 1 N–H and O–H groups in total. The maximum Gasteiger partial charge on any atom is 0.209 e. The lowest BCUT2D eigenvalue weighted by atomic mass is 10.0. The van der Waals surface area contributed by atoms with Crippen LogP contribution in [0.4, 0.5) is 0 Å². The number of tetrazole rings is 1. The van der Waals surface area contributed by atoms with Gasteiger partial charge in [0, 0.05) is 18.3 Å². The van der Waals surface area contributed by atoms with Crippen LogP contribution in [0.15, 0.2) is 35.5 Å². The lowest BCUT2D eigenvalue weighted by Gasteiger charge is -2.25. The highest BCUT2D eigenvalue weighted by Crippen LogP contribution is 2.32. The van der Waals surface area contributed by atoms with Crippen LogP contribution in [-0.4, -0.2) is 32.5 Å². The Bertz CT molecular complexity index is 499. The van der Waals surface area contributed by atoms with E-state index in [4.69, 9.17) is 0 Å². The van der Waals surface area contributed by atoms with Crippen LogP contribution in [0, 0.1) is 0 Å². The Hall–Kier alpha value is -1.40. The zero-order valence-electron chi connectivity index (χ0n) is 11.4.